The summed E-state index contributed by atoms with van der Waals surface area (Å²) >= 11 is 0. The predicted octanol–water partition coefficient (Wildman–Crippen LogP) is 4.87. The number of nitrogens with one attached hydrogen (secondary N) is 2. The number of aryl methyl sites for hydroxylation is 1. The number of H-pyrrole nitrogens is 1. The summed E-state index contributed by atoms with van der Waals surface area (Å²) in [5.74, 6) is -2.22. The number of rotatable bonds is 8. The summed E-state index contributed by atoms with van der Waals surface area (Å²) in [4.78, 5) is 29.7. The Morgan fingerprint density at radius 3 is 2.64 bits per heavy atom. The maximum Gasteiger partial charge on any atom is 0.232 e. The highest BCUT2D eigenvalue weighted by atomic mass is 32.2. The minimum absolute atomic E-state index is 0.111. The van der Waals surface area contributed by atoms with Crippen LogP contribution in [0.25, 0.3) is 22.2 Å². The van der Waals surface area contributed by atoms with Crippen LogP contribution in [0.15, 0.2) is 36.8 Å². The van der Waals surface area contributed by atoms with E-state index in [4.69, 9.17) is 0 Å². The van der Waals surface area contributed by atoms with Crippen molar-refractivity contribution in [3.8, 4) is 11.1 Å². The van der Waals surface area contributed by atoms with Gasteiger partial charge in [0, 0.05) is 52.3 Å². The molecule has 8 nitrogen and oxygen atoms in total. The largest absolute Gasteiger partial charge is 0.345 e. The van der Waals surface area contributed by atoms with Crippen LogP contribution in [-0.4, -0.2) is 39.9 Å². The monoisotopic (exact) mass is 511 g/mol. The van der Waals surface area contributed by atoms with Crippen molar-refractivity contribution < 1.29 is 22.0 Å². The number of aromatic nitrogens is 4. The Kier molecular flexibility index (Phi) is 6.03. The van der Waals surface area contributed by atoms with Gasteiger partial charge in [-0.3, -0.25) is 9.52 Å². The van der Waals surface area contributed by atoms with Crippen molar-refractivity contribution in [2.75, 3.05) is 10.5 Å². The van der Waals surface area contributed by atoms with Gasteiger partial charge in [0.2, 0.25) is 10.0 Å². The molecule has 0 bridgehead atoms. The van der Waals surface area contributed by atoms with Crippen LogP contribution in [0.5, 0.6) is 0 Å². The van der Waals surface area contributed by atoms with E-state index in [-0.39, 0.29) is 17.7 Å². The summed E-state index contributed by atoms with van der Waals surface area (Å²) in [7, 11) is -3.97. The number of hydrogen-bond acceptors (Lipinski definition) is 6. The lowest BCUT2D eigenvalue weighted by Gasteiger charge is -2.12. The zero-order chi connectivity index (χ0) is 25.6. The SMILES string of the molecule is CCCS(=O)(=O)Nc1c(F)ccc(C(=O)c2c[nH]c3ncc(-c4cnc(C5CC5)nc4C)cc23)c1F. The molecule has 11 heteroatoms. The number of halogens is 2. The second-order valence-corrected chi connectivity index (χ2v) is 10.7. The summed E-state index contributed by atoms with van der Waals surface area (Å²) in [6, 6.07) is 3.59. The number of ketones is 1. The Balaban J connectivity index is 1.53. The van der Waals surface area contributed by atoms with Crippen LogP contribution in [-0.2, 0) is 10.0 Å². The average molecular weight is 512 g/mol. The quantitative estimate of drug-likeness (QED) is 0.326. The van der Waals surface area contributed by atoms with Gasteiger partial charge in [-0.05, 0) is 44.4 Å². The number of carbonyl (C=O) groups excluding carboxylic acids is 1. The van der Waals surface area contributed by atoms with E-state index >= 15 is 4.39 Å². The van der Waals surface area contributed by atoms with Gasteiger partial charge in [0.1, 0.15) is 23.0 Å². The van der Waals surface area contributed by atoms with Crippen molar-refractivity contribution in [1.29, 1.82) is 0 Å². The van der Waals surface area contributed by atoms with Crippen LogP contribution in [0.3, 0.4) is 0 Å². The van der Waals surface area contributed by atoms with Crippen LogP contribution < -0.4 is 4.72 Å². The van der Waals surface area contributed by atoms with E-state index in [1.54, 1.807) is 25.4 Å². The molecule has 0 aliphatic heterocycles. The van der Waals surface area contributed by atoms with Crippen LogP contribution in [0.1, 0.15) is 59.5 Å². The third-order valence-electron chi connectivity index (χ3n) is 6.09. The predicted molar refractivity (Wildman–Crippen MR) is 131 cm³/mol. The average Bonchev–Trinajstić information content (AvgIpc) is 3.60. The third kappa shape index (κ3) is 4.46. The second-order valence-electron chi connectivity index (χ2n) is 8.86. The van der Waals surface area contributed by atoms with Gasteiger partial charge < -0.3 is 4.98 Å². The van der Waals surface area contributed by atoms with Crippen molar-refractivity contribution in [1.82, 2.24) is 19.9 Å². The van der Waals surface area contributed by atoms with E-state index in [1.165, 1.54) is 6.20 Å². The van der Waals surface area contributed by atoms with Crippen LogP contribution >= 0.6 is 0 Å². The topological polar surface area (TPSA) is 118 Å². The number of anilines is 1. The number of carbonyl (C=O) groups is 1. The third-order valence-corrected chi connectivity index (χ3v) is 7.55. The minimum atomic E-state index is -3.97. The Hall–Kier alpha value is -3.73. The van der Waals surface area contributed by atoms with Gasteiger partial charge in [0.15, 0.2) is 11.6 Å². The zero-order valence-corrected chi connectivity index (χ0v) is 20.4. The molecule has 4 aromatic rings. The zero-order valence-electron chi connectivity index (χ0n) is 19.6. The first kappa shape index (κ1) is 24.0. The van der Waals surface area contributed by atoms with E-state index in [0.29, 0.717) is 22.5 Å². The van der Waals surface area contributed by atoms with Gasteiger partial charge in [-0.1, -0.05) is 6.92 Å². The van der Waals surface area contributed by atoms with Crippen LogP contribution in [0.4, 0.5) is 14.5 Å². The first-order chi connectivity index (χ1) is 17.2. The van der Waals surface area contributed by atoms with Crippen LogP contribution in [0, 0.1) is 18.6 Å². The van der Waals surface area contributed by atoms with Gasteiger partial charge in [0.25, 0.3) is 0 Å². The molecular formula is C25H23F2N5O3S. The first-order valence-corrected chi connectivity index (χ1v) is 13.2. The standard InChI is InChI=1S/C25H23F2N5O3S/c1-3-8-36(34,35)32-22-20(26)7-6-16(21(22)27)23(33)19-12-30-25-17(19)9-15(10-28-25)18-11-29-24(14-4-5-14)31-13(18)2/h6-7,9-12,14,32H,3-5,8H2,1-2H3,(H,28,30). The number of hydrogen-bond donors (Lipinski definition) is 2. The van der Waals surface area contributed by atoms with Crippen molar-refractivity contribution in [2.45, 2.75) is 39.0 Å². The Labute approximate surface area is 206 Å². The van der Waals surface area contributed by atoms with E-state index in [2.05, 4.69) is 19.9 Å². The minimum Gasteiger partial charge on any atom is -0.345 e. The smallest absolute Gasteiger partial charge is 0.232 e. The van der Waals surface area contributed by atoms with Gasteiger partial charge >= 0.3 is 0 Å². The molecule has 0 spiro atoms. The number of nitrogens with zero attached hydrogens (tertiary/aromatic N) is 3. The fourth-order valence-corrected chi connectivity index (χ4v) is 5.22. The fourth-order valence-electron chi connectivity index (χ4n) is 4.09. The van der Waals surface area contributed by atoms with Gasteiger partial charge in [0.05, 0.1) is 11.3 Å². The molecule has 3 heterocycles. The highest BCUT2D eigenvalue weighted by molar-refractivity contribution is 7.92. The van der Waals surface area contributed by atoms with Gasteiger partial charge in [-0.15, -0.1) is 0 Å². The number of benzene rings is 1. The molecule has 0 unspecified atom stereocenters. The lowest BCUT2D eigenvalue weighted by molar-refractivity contribution is 0.103. The summed E-state index contributed by atoms with van der Waals surface area (Å²) in [5, 5.41) is 0.431. The van der Waals surface area contributed by atoms with Crippen molar-refractivity contribution in [3.63, 3.8) is 0 Å². The Bertz CT molecular complexity index is 1610. The number of fused-ring (bicyclic) bond motifs is 1. The number of aromatic amines is 1. The van der Waals surface area contributed by atoms with Crippen molar-refractivity contribution in [3.05, 3.63) is 71.1 Å². The molecule has 2 N–H and O–H groups in total. The lowest BCUT2D eigenvalue weighted by Crippen LogP contribution is -2.19. The van der Waals surface area contributed by atoms with Gasteiger partial charge in [-0.25, -0.2) is 32.2 Å². The highest BCUT2D eigenvalue weighted by Gasteiger charge is 2.27. The molecule has 3 aromatic heterocycles. The van der Waals surface area contributed by atoms with E-state index in [0.717, 1.165) is 42.1 Å². The second kappa shape index (κ2) is 9.05. The maximum absolute atomic E-state index is 15.2. The Morgan fingerprint density at radius 2 is 1.94 bits per heavy atom. The molecule has 1 aromatic carbocycles. The number of pyridine rings is 1. The van der Waals surface area contributed by atoms with Crippen molar-refractivity contribution >= 4 is 32.5 Å². The molecule has 0 radical (unpaired) electrons. The maximum atomic E-state index is 15.2. The van der Waals surface area contributed by atoms with Crippen molar-refractivity contribution in [2.24, 2.45) is 0 Å². The lowest BCUT2D eigenvalue weighted by atomic mass is 10.00. The number of sulfonamides is 1. The molecular weight excluding hydrogens is 488 g/mol. The van der Waals surface area contributed by atoms with E-state index in [1.807, 2.05) is 11.6 Å². The molecule has 1 saturated carbocycles. The van der Waals surface area contributed by atoms with E-state index < -0.39 is 38.7 Å². The molecule has 0 saturated heterocycles. The summed E-state index contributed by atoms with van der Waals surface area (Å²) in [5.41, 5.74) is 1.39. The molecule has 0 atom stereocenters. The van der Waals surface area contributed by atoms with E-state index in [9.17, 15) is 17.6 Å². The Morgan fingerprint density at radius 1 is 1.17 bits per heavy atom. The first-order valence-electron chi connectivity index (χ1n) is 11.5. The molecule has 186 valence electrons. The molecule has 1 aliphatic carbocycles. The highest BCUT2D eigenvalue weighted by Crippen LogP contribution is 2.38. The summed E-state index contributed by atoms with van der Waals surface area (Å²) < 4.78 is 55.7. The molecule has 1 fully saturated rings. The summed E-state index contributed by atoms with van der Waals surface area (Å²) in [6.45, 7) is 3.51. The van der Waals surface area contributed by atoms with Gasteiger partial charge in [-0.2, -0.15) is 0 Å². The summed E-state index contributed by atoms with van der Waals surface area (Å²) in [6.07, 6.45) is 7.20. The normalized spacial score (nSPS) is 13.8. The van der Waals surface area contributed by atoms with Crippen LogP contribution in [0.2, 0.25) is 0 Å². The molecule has 1 aliphatic rings. The molecule has 0 amide bonds. The molecule has 36 heavy (non-hydrogen) atoms. The fraction of sp³-hybridized carbons (Fsp3) is 0.280. The molecule has 5 rings (SSSR count).